The first-order valence-corrected chi connectivity index (χ1v) is 26.0. The van der Waals surface area contributed by atoms with E-state index in [-0.39, 0.29) is 5.97 Å². The number of halogens is 1. The molecule has 2 rings (SSSR count). The van der Waals surface area contributed by atoms with Crippen LogP contribution in [0.3, 0.4) is 0 Å². The fourth-order valence-corrected chi connectivity index (χ4v) is 27.1. The van der Waals surface area contributed by atoms with Crippen molar-refractivity contribution in [2.45, 2.75) is 103 Å². The third-order valence-corrected chi connectivity index (χ3v) is 27.6. The van der Waals surface area contributed by atoms with E-state index in [9.17, 15) is 9.36 Å². The second kappa shape index (κ2) is 17.5. The fourth-order valence-electron chi connectivity index (χ4n) is 5.73. The first-order valence-electron chi connectivity index (χ1n) is 14.8. The standard InChI is InChI=1S/C20H23IO3P.3C4H9.Sn/c1-20(2,15-9-10-16-21)19(22)24-25(23,17-11-5-3-6-12-17)18-13-7-4-8-14-18;3*1-3-4-2;/h3-8,11-14H,1,9-10,15-16H2,2H3;3*1,3-4H2,2H3;. The van der Waals surface area contributed by atoms with Crippen molar-refractivity contribution < 1.29 is 13.9 Å². The number of carbonyl (C=O) groups is 1. The van der Waals surface area contributed by atoms with Gasteiger partial charge in [0.25, 0.3) is 0 Å². The van der Waals surface area contributed by atoms with E-state index in [2.05, 4.69) is 50.3 Å². The number of hydrogen-bond donors (Lipinski definition) is 0. The van der Waals surface area contributed by atoms with Gasteiger partial charge in [0.1, 0.15) is 0 Å². The summed E-state index contributed by atoms with van der Waals surface area (Å²) in [6, 6.07) is 18.7. The number of unbranched alkanes of at least 4 members (excludes halogenated alkanes) is 4. The van der Waals surface area contributed by atoms with E-state index < -0.39 is 31.2 Å². The Labute approximate surface area is 250 Å². The second-order valence-corrected chi connectivity index (χ2v) is 28.5. The van der Waals surface area contributed by atoms with E-state index >= 15 is 0 Å². The first-order chi connectivity index (χ1) is 18.3. The van der Waals surface area contributed by atoms with Crippen molar-refractivity contribution in [3.8, 4) is 0 Å². The number of carbonyl (C=O) groups excluding carboxylic acids is 1. The fraction of sp³-hybridized carbons (Fsp3) is 0.594. The normalized spacial score (nSPS) is 13.7. The van der Waals surface area contributed by atoms with Crippen LogP contribution in [0.4, 0.5) is 0 Å². The van der Waals surface area contributed by atoms with Gasteiger partial charge in [-0.25, -0.2) is 0 Å². The number of alkyl halides is 1. The number of benzene rings is 2. The van der Waals surface area contributed by atoms with Gasteiger partial charge < -0.3 is 0 Å². The van der Waals surface area contributed by atoms with Crippen LogP contribution in [0.15, 0.2) is 60.7 Å². The average molecular weight is 759 g/mol. The first kappa shape index (κ1) is 33.9. The van der Waals surface area contributed by atoms with Crippen LogP contribution in [0.1, 0.15) is 85.5 Å². The van der Waals surface area contributed by atoms with E-state index in [1.807, 2.05) is 60.7 Å². The Hall–Kier alpha value is -0.331. The zero-order valence-electron chi connectivity index (χ0n) is 24.2. The van der Waals surface area contributed by atoms with Crippen LogP contribution in [0.25, 0.3) is 0 Å². The molecule has 0 heterocycles. The molecule has 1 atom stereocenters. The van der Waals surface area contributed by atoms with Gasteiger partial charge in [0, 0.05) is 0 Å². The molecule has 2 aromatic rings. The van der Waals surface area contributed by atoms with Crippen molar-refractivity contribution in [1.82, 2.24) is 0 Å². The van der Waals surface area contributed by atoms with Crippen LogP contribution in [-0.4, -0.2) is 28.8 Å². The molecular formula is C32H50IO3PSn. The molecule has 38 heavy (non-hydrogen) atoms. The Balaban J connectivity index is 2.52. The maximum absolute atomic E-state index is 14.7. The Morgan fingerprint density at radius 2 is 1.24 bits per heavy atom. The Morgan fingerprint density at radius 3 is 1.63 bits per heavy atom. The average Bonchev–Trinajstić information content (AvgIpc) is 2.94. The molecule has 212 valence electrons. The van der Waals surface area contributed by atoms with Gasteiger partial charge in [-0.3, -0.25) is 0 Å². The molecule has 2 aromatic carbocycles. The molecule has 0 spiro atoms. The van der Waals surface area contributed by atoms with Gasteiger partial charge in [-0.2, -0.15) is 0 Å². The van der Waals surface area contributed by atoms with Crippen molar-refractivity contribution in [2.24, 2.45) is 5.41 Å². The zero-order valence-corrected chi connectivity index (χ0v) is 30.1. The zero-order chi connectivity index (χ0) is 27.9. The molecule has 0 aliphatic rings. The summed E-state index contributed by atoms with van der Waals surface area (Å²) < 4.78 is 27.1. The predicted molar refractivity (Wildman–Crippen MR) is 176 cm³/mol. The molecule has 0 aromatic heterocycles. The summed E-state index contributed by atoms with van der Waals surface area (Å²) >= 11 is -0.265. The predicted octanol–water partition coefficient (Wildman–Crippen LogP) is 9.92. The third kappa shape index (κ3) is 9.94. The molecule has 0 N–H and O–H groups in total. The van der Waals surface area contributed by atoms with E-state index in [0.717, 1.165) is 28.1 Å². The second-order valence-electron chi connectivity index (χ2n) is 11.3. The Morgan fingerprint density at radius 1 is 0.789 bits per heavy atom. The minimum atomic E-state index is -3.57. The summed E-state index contributed by atoms with van der Waals surface area (Å²) in [5, 5.41) is 1.18. The molecule has 0 fully saturated rings. The molecule has 6 heteroatoms. The van der Waals surface area contributed by atoms with E-state index in [4.69, 9.17) is 4.52 Å². The van der Waals surface area contributed by atoms with Gasteiger partial charge >= 0.3 is 253 Å². The summed E-state index contributed by atoms with van der Waals surface area (Å²) in [6.45, 7) is 9.03. The SMILES string of the molecule is CCC[CH2][Sn]([CH2]CCC)([CH2]CCC)[CH2]C(C)(CCCCI)C(=O)OP(=O)(c1ccccc1)c1ccccc1. The quantitative estimate of drug-likeness (QED) is 0.0471. The topological polar surface area (TPSA) is 43.4 Å². The van der Waals surface area contributed by atoms with E-state index in [1.165, 1.54) is 51.8 Å². The van der Waals surface area contributed by atoms with Crippen molar-refractivity contribution in [3.05, 3.63) is 60.7 Å². The van der Waals surface area contributed by atoms with Gasteiger partial charge in [0.05, 0.1) is 0 Å². The molecule has 1 unspecified atom stereocenters. The number of hydrogen-bond acceptors (Lipinski definition) is 3. The molecule has 3 nitrogen and oxygen atoms in total. The maximum atomic E-state index is 14.7. The summed E-state index contributed by atoms with van der Waals surface area (Å²) in [7, 11) is -3.57. The molecule has 0 bridgehead atoms. The van der Waals surface area contributed by atoms with Gasteiger partial charge in [0.15, 0.2) is 0 Å². The van der Waals surface area contributed by atoms with Crippen LogP contribution in [-0.2, 0) is 13.9 Å². The Kier molecular flexibility index (Phi) is 15.6. The number of rotatable bonds is 19. The van der Waals surface area contributed by atoms with Crippen LogP contribution in [0.2, 0.25) is 17.7 Å². The van der Waals surface area contributed by atoms with Gasteiger partial charge in [-0.1, -0.05) is 0 Å². The Bertz CT molecular complexity index is 919. The van der Waals surface area contributed by atoms with Crippen molar-refractivity contribution in [1.29, 1.82) is 0 Å². The molecular weight excluding hydrogens is 709 g/mol. The van der Waals surface area contributed by atoms with Gasteiger partial charge in [-0.15, -0.1) is 0 Å². The molecule has 0 saturated carbocycles. The van der Waals surface area contributed by atoms with Crippen molar-refractivity contribution in [2.75, 3.05) is 4.43 Å². The minimum absolute atomic E-state index is 0.243. The summed E-state index contributed by atoms with van der Waals surface area (Å²) in [5.41, 5.74) is -0.587. The van der Waals surface area contributed by atoms with Gasteiger partial charge in [0.2, 0.25) is 0 Å². The van der Waals surface area contributed by atoms with Crippen LogP contribution in [0, 0.1) is 5.41 Å². The van der Waals surface area contributed by atoms with Crippen molar-refractivity contribution >= 4 is 64.9 Å². The monoisotopic (exact) mass is 760 g/mol. The molecule has 0 saturated heterocycles. The molecule has 0 amide bonds. The van der Waals surface area contributed by atoms with E-state index in [0.29, 0.717) is 10.6 Å². The van der Waals surface area contributed by atoms with Crippen LogP contribution >= 0.6 is 30.0 Å². The van der Waals surface area contributed by atoms with Crippen LogP contribution in [0.5, 0.6) is 0 Å². The molecule has 0 radical (unpaired) electrons. The molecule has 0 aliphatic heterocycles. The van der Waals surface area contributed by atoms with Crippen molar-refractivity contribution in [3.63, 3.8) is 0 Å². The summed E-state index contributed by atoms with van der Waals surface area (Å²) in [4.78, 5) is 14.4. The van der Waals surface area contributed by atoms with Crippen LogP contribution < -0.4 is 10.6 Å². The van der Waals surface area contributed by atoms with Gasteiger partial charge in [-0.05, 0) is 0 Å². The molecule has 0 aliphatic carbocycles. The summed E-state index contributed by atoms with van der Waals surface area (Å²) in [6.07, 6.45) is 10.4. The summed E-state index contributed by atoms with van der Waals surface area (Å²) in [5.74, 6) is -0.243. The third-order valence-electron chi connectivity index (χ3n) is 7.96. The van der Waals surface area contributed by atoms with E-state index in [1.54, 1.807) is 0 Å².